The minimum atomic E-state index is 0.120. The molecule has 0 spiro atoms. The summed E-state index contributed by atoms with van der Waals surface area (Å²) >= 11 is 6.96. The molecule has 0 amide bonds. The predicted octanol–water partition coefficient (Wildman–Crippen LogP) is 4.44. The van der Waals surface area contributed by atoms with E-state index in [1.807, 2.05) is 30.0 Å². The van der Waals surface area contributed by atoms with Gasteiger partial charge in [-0.2, -0.15) is 20.1 Å². The van der Waals surface area contributed by atoms with Crippen LogP contribution in [0.2, 0.25) is 0 Å². The summed E-state index contributed by atoms with van der Waals surface area (Å²) in [7, 11) is 0. The smallest absolute Gasteiger partial charge is 0.250 e. The van der Waals surface area contributed by atoms with Crippen molar-refractivity contribution in [3.8, 4) is 5.75 Å². The minimum absolute atomic E-state index is 0.120. The molecule has 0 aliphatic carbocycles. The van der Waals surface area contributed by atoms with Gasteiger partial charge in [-0.25, -0.2) is 5.43 Å². The Balaban J connectivity index is 1.60. The lowest BCUT2D eigenvalue weighted by Gasteiger charge is -2.27. The number of nitrogens with zero attached hydrogens (tertiary/aromatic N) is 5. The number of ether oxygens (including phenoxy) is 1. The summed E-state index contributed by atoms with van der Waals surface area (Å²) in [6, 6.07) is 11.1. The maximum Gasteiger partial charge on any atom is 0.250 e. The van der Waals surface area contributed by atoms with Crippen LogP contribution < -0.4 is 15.6 Å². The van der Waals surface area contributed by atoms with E-state index in [4.69, 9.17) is 4.74 Å². The molecule has 1 fully saturated rings. The van der Waals surface area contributed by atoms with Gasteiger partial charge in [0.25, 0.3) is 0 Å². The van der Waals surface area contributed by atoms with Crippen LogP contribution in [-0.4, -0.2) is 52.6 Å². The van der Waals surface area contributed by atoms with Gasteiger partial charge in [0.1, 0.15) is 5.75 Å². The van der Waals surface area contributed by atoms with Crippen LogP contribution in [0.1, 0.15) is 11.1 Å². The number of hydrogen-bond donors (Lipinski definition) is 3. The number of aromatic hydroxyl groups is 1. The van der Waals surface area contributed by atoms with Crippen molar-refractivity contribution >= 4 is 61.6 Å². The van der Waals surface area contributed by atoms with Crippen LogP contribution in [0.3, 0.4) is 0 Å². The van der Waals surface area contributed by atoms with E-state index in [1.54, 1.807) is 18.2 Å². The number of nitrogens with one attached hydrogen (secondary N) is 2. The zero-order chi connectivity index (χ0) is 22.5. The summed E-state index contributed by atoms with van der Waals surface area (Å²) in [4.78, 5) is 15.6. The van der Waals surface area contributed by atoms with Gasteiger partial charge in [0, 0.05) is 27.6 Å². The minimum Gasteiger partial charge on any atom is -0.507 e. The van der Waals surface area contributed by atoms with Crippen molar-refractivity contribution < 1.29 is 9.84 Å². The highest BCUT2D eigenvalue weighted by Gasteiger charge is 2.17. The van der Waals surface area contributed by atoms with Gasteiger partial charge < -0.3 is 20.1 Å². The SMILES string of the molecule is Cc1ccc(Nc2nc(N/N=C\c3cc(Br)ccc3O)nc(N3CCOCC3)n2)c(Br)c1. The average Bonchev–Trinajstić information content (AvgIpc) is 2.78. The molecule has 1 aliphatic heterocycles. The molecule has 1 aromatic heterocycles. The first-order valence-electron chi connectivity index (χ1n) is 9.87. The third-order valence-corrected chi connectivity index (χ3v) is 5.80. The predicted molar refractivity (Wildman–Crippen MR) is 132 cm³/mol. The van der Waals surface area contributed by atoms with Crippen LogP contribution in [-0.2, 0) is 4.74 Å². The number of hydrazone groups is 1. The van der Waals surface area contributed by atoms with E-state index in [1.165, 1.54) is 6.21 Å². The molecule has 0 radical (unpaired) electrons. The van der Waals surface area contributed by atoms with Crippen LogP contribution in [0.15, 0.2) is 50.4 Å². The zero-order valence-electron chi connectivity index (χ0n) is 17.2. The van der Waals surface area contributed by atoms with Crippen molar-refractivity contribution in [1.82, 2.24) is 15.0 Å². The summed E-state index contributed by atoms with van der Waals surface area (Å²) < 4.78 is 7.18. The number of rotatable bonds is 6. The Bertz CT molecular complexity index is 1140. The van der Waals surface area contributed by atoms with Gasteiger partial charge in [0.2, 0.25) is 17.8 Å². The first-order chi connectivity index (χ1) is 15.5. The van der Waals surface area contributed by atoms with E-state index in [0.29, 0.717) is 43.8 Å². The van der Waals surface area contributed by atoms with Gasteiger partial charge >= 0.3 is 0 Å². The molecule has 2 heterocycles. The highest BCUT2D eigenvalue weighted by atomic mass is 79.9. The summed E-state index contributed by atoms with van der Waals surface area (Å²) in [5.74, 6) is 1.30. The van der Waals surface area contributed by atoms with E-state index >= 15 is 0 Å². The van der Waals surface area contributed by atoms with Gasteiger partial charge in [-0.3, -0.25) is 0 Å². The maximum atomic E-state index is 9.99. The molecule has 0 atom stereocenters. The van der Waals surface area contributed by atoms with E-state index in [9.17, 15) is 5.11 Å². The molecule has 0 bridgehead atoms. The fourth-order valence-electron chi connectivity index (χ4n) is 3.01. The Labute approximate surface area is 202 Å². The van der Waals surface area contributed by atoms with Gasteiger partial charge in [-0.15, -0.1) is 0 Å². The van der Waals surface area contributed by atoms with Gasteiger partial charge in [0.15, 0.2) is 0 Å². The first-order valence-corrected chi connectivity index (χ1v) is 11.5. The number of benzene rings is 2. The largest absolute Gasteiger partial charge is 0.507 e. The average molecular weight is 563 g/mol. The molecule has 2 aromatic carbocycles. The van der Waals surface area contributed by atoms with Crippen molar-refractivity contribution in [2.45, 2.75) is 6.92 Å². The van der Waals surface area contributed by atoms with Crippen molar-refractivity contribution in [1.29, 1.82) is 0 Å². The van der Waals surface area contributed by atoms with Gasteiger partial charge in [-0.05, 0) is 58.7 Å². The molecule has 1 saturated heterocycles. The highest BCUT2D eigenvalue weighted by molar-refractivity contribution is 9.10. The fraction of sp³-hybridized carbons (Fsp3) is 0.238. The Morgan fingerprint density at radius 1 is 1.06 bits per heavy atom. The molecule has 3 aromatic rings. The summed E-state index contributed by atoms with van der Waals surface area (Å²) in [6.07, 6.45) is 1.50. The second-order valence-electron chi connectivity index (χ2n) is 7.06. The second-order valence-corrected chi connectivity index (χ2v) is 8.83. The molecule has 9 nitrogen and oxygen atoms in total. The van der Waals surface area contributed by atoms with Gasteiger partial charge in [-0.1, -0.05) is 22.0 Å². The standard InChI is InChI=1S/C21H21Br2N7O2/c1-13-2-4-17(16(23)10-13)25-19-26-20(28-21(27-19)30-6-8-32-9-7-30)29-24-12-14-11-15(22)3-5-18(14)31/h2-5,10-12,31H,6-9H2,1H3,(H2,25,26,27,28,29)/b24-12-. The topological polar surface area (TPSA) is 108 Å². The van der Waals surface area contributed by atoms with Crippen molar-refractivity contribution in [2.75, 3.05) is 41.9 Å². The number of phenolic OH excluding ortho intramolecular Hbond substituents is 1. The van der Waals surface area contributed by atoms with E-state index in [0.717, 1.165) is 20.2 Å². The Kier molecular flexibility index (Phi) is 7.18. The normalized spacial score (nSPS) is 14.0. The molecule has 4 rings (SSSR count). The Hall–Kier alpha value is -2.76. The maximum absolute atomic E-state index is 9.99. The Morgan fingerprint density at radius 2 is 1.84 bits per heavy atom. The molecule has 0 saturated carbocycles. The number of halogens is 2. The van der Waals surface area contributed by atoms with Crippen LogP contribution >= 0.6 is 31.9 Å². The quantitative estimate of drug-likeness (QED) is 0.299. The monoisotopic (exact) mass is 561 g/mol. The van der Waals surface area contributed by atoms with Crippen LogP contribution in [0, 0.1) is 6.92 Å². The van der Waals surface area contributed by atoms with Crippen molar-refractivity contribution in [3.05, 3.63) is 56.5 Å². The van der Waals surface area contributed by atoms with Crippen molar-refractivity contribution in [3.63, 3.8) is 0 Å². The molecule has 166 valence electrons. The zero-order valence-corrected chi connectivity index (χ0v) is 20.4. The molecular formula is C21H21Br2N7O2. The first kappa shape index (κ1) is 22.4. The summed E-state index contributed by atoms with van der Waals surface area (Å²) in [5, 5.41) is 17.4. The second kappa shape index (κ2) is 10.2. The lowest BCUT2D eigenvalue weighted by atomic mass is 10.2. The molecule has 11 heteroatoms. The number of phenols is 1. The molecule has 32 heavy (non-hydrogen) atoms. The lowest BCUT2D eigenvalue weighted by molar-refractivity contribution is 0.122. The molecule has 0 unspecified atom stereocenters. The lowest BCUT2D eigenvalue weighted by Crippen LogP contribution is -2.37. The molecule has 3 N–H and O–H groups in total. The summed E-state index contributed by atoms with van der Waals surface area (Å²) in [5.41, 5.74) is 5.37. The molecule has 1 aliphatic rings. The number of aryl methyl sites for hydroxylation is 1. The number of hydrogen-bond acceptors (Lipinski definition) is 9. The van der Waals surface area contributed by atoms with Gasteiger partial charge in [0.05, 0.1) is 25.1 Å². The number of anilines is 4. The van der Waals surface area contributed by atoms with Crippen LogP contribution in [0.25, 0.3) is 0 Å². The van der Waals surface area contributed by atoms with Crippen LogP contribution in [0.5, 0.6) is 5.75 Å². The third kappa shape index (κ3) is 5.72. The summed E-state index contributed by atoms with van der Waals surface area (Å²) in [6.45, 7) is 4.62. The number of aromatic nitrogens is 3. The Morgan fingerprint density at radius 3 is 2.62 bits per heavy atom. The molecular weight excluding hydrogens is 542 g/mol. The van der Waals surface area contributed by atoms with E-state index in [2.05, 4.69) is 62.7 Å². The number of morpholine rings is 1. The fourth-order valence-corrected chi connectivity index (χ4v) is 3.98. The van der Waals surface area contributed by atoms with Crippen LogP contribution in [0.4, 0.5) is 23.5 Å². The van der Waals surface area contributed by atoms with E-state index in [-0.39, 0.29) is 11.7 Å². The third-order valence-electron chi connectivity index (χ3n) is 4.65. The van der Waals surface area contributed by atoms with Crippen molar-refractivity contribution in [2.24, 2.45) is 5.10 Å². The highest BCUT2D eigenvalue weighted by Crippen LogP contribution is 2.27. The van der Waals surface area contributed by atoms with E-state index < -0.39 is 0 Å².